The summed E-state index contributed by atoms with van der Waals surface area (Å²) in [6.45, 7) is 0.248. The summed E-state index contributed by atoms with van der Waals surface area (Å²) >= 11 is 3.08. The number of aromatic amines is 1. The highest BCUT2D eigenvalue weighted by Crippen LogP contribution is 2.27. The highest BCUT2D eigenvalue weighted by Gasteiger charge is 2.11. The molecule has 1 aromatic heterocycles. The zero-order chi connectivity index (χ0) is 14.7. The van der Waals surface area contributed by atoms with Crippen molar-refractivity contribution in [2.45, 2.75) is 6.54 Å². The van der Waals surface area contributed by atoms with Crippen LogP contribution in [0.2, 0.25) is 0 Å². The van der Waals surface area contributed by atoms with Gasteiger partial charge in [0.25, 0.3) is 0 Å². The third kappa shape index (κ3) is 3.16. The molecule has 0 fully saturated rings. The predicted molar refractivity (Wildman–Crippen MR) is 73.5 cm³/mol. The maximum absolute atomic E-state index is 13.6. The van der Waals surface area contributed by atoms with Crippen LogP contribution < -0.4 is 5.32 Å². The molecule has 2 rings (SSSR count). The van der Waals surface area contributed by atoms with Crippen LogP contribution in [0.15, 0.2) is 28.7 Å². The maximum atomic E-state index is 13.6. The lowest BCUT2D eigenvalue weighted by Gasteiger charge is -2.09. The summed E-state index contributed by atoms with van der Waals surface area (Å²) in [4.78, 5) is 14.1. The minimum absolute atomic E-state index is 0.153. The highest BCUT2D eigenvalue weighted by atomic mass is 79.9. The summed E-state index contributed by atoms with van der Waals surface area (Å²) in [5, 5.41) is 2.82. The van der Waals surface area contributed by atoms with Crippen LogP contribution in [-0.2, 0) is 11.3 Å². The molecule has 0 aliphatic rings. The third-order valence-corrected chi connectivity index (χ3v) is 3.24. The Kier molecular flexibility index (Phi) is 4.39. The van der Waals surface area contributed by atoms with Crippen molar-refractivity contribution in [3.8, 4) is 0 Å². The van der Waals surface area contributed by atoms with Crippen LogP contribution in [-0.4, -0.2) is 18.1 Å². The van der Waals surface area contributed by atoms with Crippen LogP contribution in [0.4, 0.5) is 14.5 Å². The quantitative estimate of drug-likeness (QED) is 0.835. The average Bonchev–Trinajstić information content (AvgIpc) is 2.85. The molecule has 0 aliphatic carbocycles. The lowest BCUT2D eigenvalue weighted by Crippen LogP contribution is -2.05. The van der Waals surface area contributed by atoms with Gasteiger partial charge in [0.2, 0.25) is 0 Å². The van der Waals surface area contributed by atoms with Crippen molar-refractivity contribution >= 4 is 27.6 Å². The van der Waals surface area contributed by atoms with Gasteiger partial charge in [-0.3, -0.25) is 0 Å². The van der Waals surface area contributed by atoms with Gasteiger partial charge in [0.05, 0.1) is 19.3 Å². The first-order valence-electron chi connectivity index (χ1n) is 5.66. The SMILES string of the molecule is COC(=O)c1ccc(CNc2c(F)cc(F)cc2Br)[nH]1. The number of hydrogen-bond donors (Lipinski definition) is 2. The summed E-state index contributed by atoms with van der Waals surface area (Å²) in [6.07, 6.45) is 0. The lowest BCUT2D eigenvalue weighted by atomic mass is 10.3. The molecule has 0 atom stereocenters. The smallest absolute Gasteiger partial charge is 0.354 e. The molecule has 0 radical (unpaired) electrons. The normalized spacial score (nSPS) is 10.4. The average molecular weight is 345 g/mol. The van der Waals surface area contributed by atoms with Gasteiger partial charge in [-0.15, -0.1) is 0 Å². The largest absolute Gasteiger partial charge is 0.464 e. The van der Waals surface area contributed by atoms with Gasteiger partial charge < -0.3 is 15.0 Å². The summed E-state index contributed by atoms with van der Waals surface area (Å²) in [6, 6.07) is 5.20. The monoisotopic (exact) mass is 344 g/mol. The molecular weight excluding hydrogens is 334 g/mol. The van der Waals surface area contributed by atoms with Crippen molar-refractivity contribution < 1.29 is 18.3 Å². The molecule has 0 unspecified atom stereocenters. The first kappa shape index (κ1) is 14.5. The van der Waals surface area contributed by atoms with Crippen molar-refractivity contribution in [2.24, 2.45) is 0 Å². The van der Waals surface area contributed by atoms with E-state index < -0.39 is 17.6 Å². The number of carbonyl (C=O) groups is 1. The molecule has 1 aromatic carbocycles. The van der Waals surface area contributed by atoms with Gasteiger partial charge in [-0.1, -0.05) is 0 Å². The minimum atomic E-state index is -0.698. The molecule has 2 N–H and O–H groups in total. The number of carbonyl (C=O) groups excluding carboxylic acids is 1. The van der Waals surface area contributed by atoms with E-state index in [0.717, 1.165) is 6.07 Å². The number of methoxy groups -OCH3 is 1. The minimum Gasteiger partial charge on any atom is -0.464 e. The molecule has 7 heteroatoms. The van der Waals surface area contributed by atoms with Crippen LogP contribution in [0.1, 0.15) is 16.2 Å². The molecule has 0 saturated heterocycles. The predicted octanol–water partition coefficient (Wildman–Crippen LogP) is 3.45. The first-order chi connectivity index (χ1) is 9.51. The Morgan fingerprint density at radius 3 is 2.80 bits per heavy atom. The topological polar surface area (TPSA) is 54.1 Å². The van der Waals surface area contributed by atoms with Crippen molar-refractivity contribution in [3.63, 3.8) is 0 Å². The molecule has 106 valence electrons. The molecule has 2 aromatic rings. The van der Waals surface area contributed by atoms with Gasteiger partial charge in [-0.2, -0.15) is 0 Å². The maximum Gasteiger partial charge on any atom is 0.354 e. The second kappa shape index (κ2) is 6.04. The van der Waals surface area contributed by atoms with Crippen LogP contribution >= 0.6 is 15.9 Å². The Labute approximate surface area is 122 Å². The number of benzene rings is 1. The van der Waals surface area contributed by atoms with Gasteiger partial charge in [0.15, 0.2) is 0 Å². The zero-order valence-electron chi connectivity index (χ0n) is 10.5. The highest BCUT2D eigenvalue weighted by molar-refractivity contribution is 9.10. The summed E-state index contributed by atoms with van der Waals surface area (Å²) < 4.78 is 31.4. The molecule has 0 bridgehead atoms. The standard InChI is InChI=1S/C13H11BrF2N2O2/c1-20-13(19)11-3-2-8(18-11)6-17-12-9(14)4-7(15)5-10(12)16/h2-5,17-18H,6H2,1H3. The van der Waals surface area contributed by atoms with Crippen LogP contribution in [0.5, 0.6) is 0 Å². The molecule has 20 heavy (non-hydrogen) atoms. The Morgan fingerprint density at radius 2 is 2.15 bits per heavy atom. The number of anilines is 1. The summed E-state index contributed by atoms with van der Waals surface area (Å²) in [5.74, 6) is -1.84. The van der Waals surface area contributed by atoms with E-state index in [4.69, 9.17) is 0 Å². The van der Waals surface area contributed by atoms with E-state index >= 15 is 0 Å². The van der Waals surface area contributed by atoms with E-state index in [0.29, 0.717) is 11.4 Å². The number of halogens is 3. The number of esters is 1. The van der Waals surface area contributed by atoms with Crippen molar-refractivity contribution in [1.82, 2.24) is 4.98 Å². The summed E-state index contributed by atoms with van der Waals surface area (Å²) in [7, 11) is 1.28. The van der Waals surface area contributed by atoms with E-state index in [9.17, 15) is 13.6 Å². The van der Waals surface area contributed by atoms with Crippen molar-refractivity contribution in [3.05, 3.63) is 51.8 Å². The molecule has 0 spiro atoms. The van der Waals surface area contributed by atoms with Crippen LogP contribution in [0, 0.1) is 11.6 Å². The van der Waals surface area contributed by atoms with E-state index in [2.05, 4.69) is 31.0 Å². The van der Waals surface area contributed by atoms with Gasteiger partial charge in [0, 0.05) is 16.2 Å². The number of aromatic nitrogens is 1. The van der Waals surface area contributed by atoms with E-state index in [1.54, 1.807) is 12.1 Å². The summed E-state index contributed by atoms with van der Waals surface area (Å²) in [5.41, 5.74) is 1.13. The third-order valence-electron chi connectivity index (χ3n) is 2.61. The molecule has 0 saturated carbocycles. The van der Waals surface area contributed by atoms with E-state index in [-0.39, 0.29) is 16.7 Å². The van der Waals surface area contributed by atoms with Gasteiger partial charge in [-0.05, 0) is 34.1 Å². The molecular formula is C13H11BrF2N2O2. The lowest BCUT2D eigenvalue weighted by molar-refractivity contribution is 0.0594. The number of rotatable bonds is 4. The van der Waals surface area contributed by atoms with E-state index in [1.807, 2.05) is 0 Å². The fraction of sp³-hybridized carbons (Fsp3) is 0.154. The van der Waals surface area contributed by atoms with Crippen LogP contribution in [0.25, 0.3) is 0 Å². The number of H-pyrrole nitrogens is 1. The van der Waals surface area contributed by atoms with Crippen molar-refractivity contribution in [1.29, 1.82) is 0 Å². The zero-order valence-corrected chi connectivity index (χ0v) is 12.1. The molecule has 0 amide bonds. The second-order valence-electron chi connectivity index (χ2n) is 3.99. The Balaban J connectivity index is 2.09. The number of nitrogens with one attached hydrogen (secondary N) is 2. The Bertz CT molecular complexity index is 620. The fourth-order valence-corrected chi connectivity index (χ4v) is 2.22. The molecule has 1 heterocycles. The first-order valence-corrected chi connectivity index (χ1v) is 6.45. The van der Waals surface area contributed by atoms with Gasteiger partial charge in [-0.25, -0.2) is 13.6 Å². The fourth-order valence-electron chi connectivity index (χ4n) is 1.67. The second-order valence-corrected chi connectivity index (χ2v) is 4.84. The number of hydrogen-bond acceptors (Lipinski definition) is 3. The molecule has 4 nitrogen and oxygen atoms in total. The Hall–Kier alpha value is -1.89. The Morgan fingerprint density at radius 1 is 1.40 bits per heavy atom. The van der Waals surface area contributed by atoms with Crippen molar-refractivity contribution in [2.75, 3.05) is 12.4 Å². The van der Waals surface area contributed by atoms with E-state index in [1.165, 1.54) is 13.2 Å². The van der Waals surface area contributed by atoms with Gasteiger partial charge in [0.1, 0.15) is 17.3 Å². The van der Waals surface area contributed by atoms with Crippen LogP contribution in [0.3, 0.4) is 0 Å². The molecule has 0 aliphatic heterocycles. The van der Waals surface area contributed by atoms with Gasteiger partial charge >= 0.3 is 5.97 Å². The number of ether oxygens (including phenoxy) is 1.